The van der Waals surface area contributed by atoms with Crippen LogP contribution in [0.2, 0.25) is 0 Å². The van der Waals surface area contributed by atoms with Crippen LogP contribution >= 0.6 is 22.6 Å². The molecule has 5 nitrogen and oxygen atoms in total. The monoisotopic (exact) mass is 911 g/mol. The minimum atomic E-state index is -0.191. The smallest absolute Gasteiger partial charge is 0.0847 e. The highest BCUT2D eigenvalue weighted by atomic mass is 127. The molecular formula is C54H66IN5. The molecule has 314 valence electrons. The molecule has 4 N–H and O–H groups in total. The molecule has 2 unspecified atom stereocenters. The molecule has 6 aromatic carbocycles. The summed E-state index contributed by atoms with van der Waals surface area (Å²) in [4.78, 5) is 1.97. The third-order valence-electron chi connectivity index (χ3n) is 9.99. The standard InChI is InChI=1S/C31H24N2.C15H19N3.C3H8.2C2H6.CH3I/c1-21-14-16-22(17-15-21)32-30-13-7-4-10-26(30)27-20-23(18-19-31(27)32)33-28-11-5-2-8-24(28)25-9-3-6-12-29(25)33;1-17-15(13-10-6-3-7-11-13)18-14(16)12-8-4-2-5-9-12;1-3-2;3*1-2/h2,4-8,10-20H,3,9H2,1H3;2-11,14-15,17-18H,16H2,1H3;3H2,1-2H3;2*1-2H3;1H3. The predicted molar refractivity (Wildman–Crippen MR) is 273 cm³/mol. The number of nitrogens with two attached hydrogens (primary N) is 1. The molecule has 0 saturated carbocycles. The summed E-state index contributed by atoms with van der Waals surface area (Å²) in [5.74, 6) is 0. The summed E-state index contributed by atoms with van der Waals surface area (Å²) in [6, 6.07) is 53.6. The normalized spacial score (nSPS) is 12.1. The second-order valence-electron chi connectivity index (χ2n) is 13.9. The van der Waals surface area contributed by atoms with Crippen molar-refractivity contribution >= 4 is 61.4 Å². The Balaban J connectivity index is 0.000000250. The topological polar surface area (TPSA) is 59.9 Å². The van der Waals surface area contributed by atoms with Crippen molar-refractivity contribution in [3.05, 3.63) is 186 Å². The van der Waals surface area contributed by atoms with Gasteiger partial charge in [0.1, 0.15) is 0 Å². The molecule has 0 saturated heterocycles. The van der Waals surface area contributed by atoms with Crippen molar-refractivity contribution in [1.29, 1.82) is 0 Å². The van der Waals surface area contributed by atoms with E-state index in [2.05, 4.69) is 178 Å². The van der Waals surface area contributed by atoms with Gasteiger partial charge in [0.25, 0.3) is 0 Å². The Labute approximate surface area is 373 Å². The first-order valence-corrected chi connectivity index (χ1v) is 23.7. The van der Waals surface area contributed by atoms with Crippen LogP contribution < -0.4 is 16.4 Å². The fourth-order valence-electron chi connectivity index (χ4n) is 7.47. The highest BCUT2D eigenvalue weighted by molar-refractivity contribution is 14.1. The van der Waals surface area contributed by atoms with E-state index >= 15 is 0 Å². The summed E-state index contributed by atoms with van der Waals surface area (Å²) in [7, 11) is 1.92. The number of alkyl halides is 1. The summed E-state index contributed by atoms with van der Waals surface area (Å²) >= 11 is 2.15. The SMILES string of the molecule is CC.CC.CCC.CI.CNC(NC(N)c1ccccc1)c1ccccc1.Cc1ccc(-n2c3ccccc3c3cc(-n4c5c(c6ccccc64)CCC=C5)ccc32)cc1. The lowest BCUT2D eigenvalue weighted by Gasteiger charge is -2.23. The lowest BCUT2D eigenvalue weighted by molar-refractivity contribution is 0.411. The number of halogens is 1. The number of nitrogens with zero attached hydrogens (tertiary/aromatic N) is 2. The van der Waals surface area contributed by atoms with E-state index in [1.807, 2.05) is 88.2 Å². The van der Waals surface area contributed by atoms with E-state index < -0.39 is 0 Å². The van der Waals surface area contributed by atoms with Gasteiger partial charge < -0.3 is 20.2 Å². The van der Waals surface area contributed by atoms with Gasteiger partial charge in [0.05, 0.1) is 28.9 Å². The Bertz CT molecular complexity index is 2480. The molecular weight excluding hydrogens is 846 g/mol. The van der Waals surface area contributed by atoms with Crippen molar-refractivity contribution in [2.24, 2.45) is 5.73 Å². The molecule has 0 spiro atoms. The van der Waals surface area contributed by atoms with Crippen LogP contribution in [0.25, 0.3) is 50.2 Å². The van der Waals surface area contributed by atoms with E-state index in [0.717, 1.165) is 18.4 Å². The molecule has 0 fully saturated rings. The molecule has 60 heavy (non-hydrogen) atoms. The van der Waals surface area contributed by atoms with Crippen LogP contribution in [0.3, 0.4) is 0 Å². The minimum absolute atomic E-state index is 0.0430. The number of rotatable bonds is 7. The van der Waals surface area contributed by atoms with Crippen LogP contribution in [-0.4, -0.2) is 21.1 Å². The van der Waals surface area contributed by atoms with E-state index in [-0.39, 0.29) is 12.3 Å². The van der Waals surface area contributed by atoms with Crippen LogP contribution in [0.1, 0.15) is 94.7 Å². The lowest BCUT2D eigenvalue weighted by atomic mass is 10.0. The molecule has 2 heterocycles. The Kier molecular flexibility index (Phi) is 19.8. The molecule has 0 radical (unpaired) electrons. The molecule has 8 aromatic rings. The lowest BCUT2D eigenvalue weighted by Crippen LogP contribution is -2.38. The average Bonchev–Trinajstić information content (AvgIpc) is 3.84. The van der Waals surface area contributed by atoms with Crippen molar-refractivity contribution in [1.82, 2.24) is 19.8 Å². The zero-order valence-corrected chi connectivity index (χ0v) is 39.4. The van der Waals surface area contributed by atoms with Gasteiger partial charge in [-0.3, -0.25) is 5.32 Å². The minimum Gasteiger partial charge on any atom is -0.312 e. The molecule has 1 aliphatic carbocycles. The van der Waals surface area contributed by atoms with Gasteiger partial charge in [-0.05, 0) is 97.0 Å². The average molecular weight is 912 g/mol. The first kappa shape index (κ1) is 47.7. The number of hydrogen-bond donors (Lipinski definition) is 3. The number of fused-ring (bicyclic) bond motifs is 6. The molecule has 0 aliphatic heterocycles. The number of aryl methyl sites for hydroxylation is 2. The summed E-state index contributed by atoms with van der Waals surface area (Å²) in [6.07, 6.45) is 7.93. The maximum absolute atomic E-state index is 6.16. The summed E-state index contributed by atoms with van der Waals surface area (Å²) < 4.78 is 4.83. The third-order valence-corrected chi connectivity index (χ3v) is 9.99. The van der Waals surface area contributed by atoms with Gasteiger partial charge in [-0.2, -0.15) is 0 Å². The van der Waals surface area contributed by atoms with Crippen LogP contribution in [0, 0.1) is 6.92 Å². The molecule has 2 aromatic heterocycles. The van der Waals surface area contributed by atoms with Crippen LogP contribution in [0.5, 0.6) is 0 Å². The van der Waals surface area contributed by atoms with Gasteiger partial charge in [-0.15, -0.1) is 0 Å². The van der Waals surface area contributed by atoms with Crippen LogP contribution in [-0.2, 0) is 6.42 Å². The van der Waals surface area contributed by atoms with E-state index in [4.69, 9.17) is 5.73 Å². The van der Waals surface area contributed by atoms with Crippen molar-refractivity contribution in [3.63, 3.8) is 0 Å². The fraction of sp³-hybridized carbons (Fsp3) is 0.259. The fourth-order valence-corrected chi connectivity index (χ4v) is 7.47. The summed E-state index contributed by atoms with van der Waals surface area (Å²) in [5.41, 5.74) is 18.7. The number of hydrogen-bond acceptors (Lipinski definition) is 3. The van der Waals surface area contributed by atoms with Crippen LogP contribution in [0.15, 0.2) is 158 Å². The Hall–Kier alpha value is -4.99. The van der Waals surface area contributed by atoms with Crippen molar-refractivity contribution in [2.75, 3.05) is 12.0 Å². The van der Waals surface area contributed by atoms with Crippen LogP contribution in [0.4, 0.5) is 0 Å². The van der Waals surface area contributed by atoms with Gasteiger partial charge in [0.15, 0.2) is 0 Å². The maximum Gasteiger partial charge on any atom is 0.0847 e. The van der Waals surface area contributed by atoms with Crippen molar-refractivity contribution in [3.8, 4) is 11.4 Å². The van der Waals surface area contributed by atoms with E-state index in [1.165, 1.54) is 72.9 Å². The molecule has 0 amide bonds. The quantitative estimate of drug-likeness (QED) is 0.0848. The van der Waals surface area contributed by atoms with E-state index in [0.29, 0.717) is 0 Å². The molecule has 9 rings (SSSR count). The highest BCUT2D eigenvalue weighted by Crippen LogP contribution is 2.37. The summed E-state index contributed by atoms with van der Waals surface area (Å²) in [6.45, 7) is 14.4. The molecule has 6 heteroatoms. The Morgan fingerprint density at radius 1 is 0.600 bits per heavy atom. The number of benzene rings is 6. The van der Waals surface area contributed by atoms with Gasteiger partial charge in [-0.1, -0.05) is 191 Å². The second-order valence-corrected chi connectivity index (χ2v) is 13.9. The van der Waals surface area contributed by atoms with Crippen molar-refractivity contribution in [2.45, 2.75) is 80.1 Å². The van der Waals surface area contributed by atoms with Gasteiger partial charge in [0.2, 0.25) is 0 Å². The Morgan fingerprint density at radius 3 is 1.70 bits per heavy atom. The molecule has 1 aliphatic rings. The Morgan fingerprint density at radius 2 is 1.10 bits per heavy atom. The van der Waals surface area contributed by atoms with E-state index in [1.54, 1.807) is 0 Å². The predicted octanol–water partition coefficient (Wildman–Crippen LogP) is 14.7. The number of allylic oxidation sites excluding steroid dienone is 1. The summed E-state index contributed by atoms with van der Waals surface area (Å²) in [5, 5.41) is 10.5. The first-order chi connectivity index (χ1) is 29.5. The zero-order chi connectivity index (χ0) is 43.4. The van der Waals surface area contributed by atoms with E-state index in [9.17, 15) is 0 Å². The number of nitrogens with one attached hydrogen (secondary N) is 2. The second kappa shape index (κ2) is 24.9. The zero-order valence-electron chi connectivity index (χ0n) is 37.2. The van der Waals surface area contributed by atoms with Gasteiger partial charge in [-0.25, -0.2) is 0 Å². The molecule has 0 bridgehead atoms. The van der Waals surface area contributed by atoms with Gasteiger partial charge >= 0.3 is 0 Å². The largest absolute Gasteiger partial charge is 0.312 e. The molecule has 2 atom stereocenters. The maximum atomic E-state index is 6.16. The first-order valence-electron chi connectivity index (χ1n) is 21.6. The number of para-hydroxylation sites is 2. The van der Waals surface area contributed by atoms with Gasteiger partial charge in [0, 0.05) is 33.2 Å². The third kappa shape index (κ3) is 11.2. The van der Waals surface area contributed by atoms with Crippen molar-refractivity contribution < 1.29 is 0 Å². The highest BCUT2D eigenvalue weighted by Gasteiger charge is 2.20. The number of aromatic nitrogens is 2.